The van der Waals surface area contributed by atoms with Crippen LogP contribution in [0.3, 0.4) is 0 Å². The van der Waals surface area contributed by atoms with Crippen LogP contribution in [-0.4, -0.2) is 190 Å². The number of ether oxygens (including phenoxy) is 2. The van der Waals surface area contributed by atoms with Gasteiger partial charge in [0.05, 0.1) is 81.7 Å². The molecule has 2 aliphatic heterocycles. The second kappa shape index (κ2) is 33.8. The third kappa shape index (κ3) is 19.4. The zero-order valence-corrected chi connectivity index (χ0v) is 58.1. The largest absolute Gasteiger partial charge is 0.395 e. The van der Waals surface area contributed by atoms with Gasteiger partial charge >= 0.3 is 0 Å². The number of aromatic nitrogens is 5. The number of morpholine rings is 2. The standard InChI is InChI=1S/C63H74N18O14S4/c1-7-77(8-2)43-17-19-49(73-75-62-68-55(79-23-29-94-30-24-79)53(96-62)37-47(39(5)84)57(86)64-41-13-11-15-45(33-41)98(88,89)90)51(35-43)66-59-70-60(72-61(71-59)81(21-27-82)22-28-83)67-52-36-44(78(9-3)10-4)18-20-50(52)74-76-63-69-56(80-25-31-95-32-26-80)54(97-63)38-48(40(6)85)58(87)65-42-14-12-16-46(34-42)99(91,92)93/h11-20,33-38,82-83H,7-10,21-32H2,1-6H3,(H,64,86)(H,65,87)(H,88,89,90)(H,91,92,93)(H2,66,67,70,71,72)/b47-37+,48-38?,75-73?,76-74?. The third-order valence-electron chi connectivity index (χ3n) is 15.3. The fourth-order valence-corrected chi connectivity index (χ4v) is 13.0. The Kier molecular flexibility index (Phi) is 25.1. The molecule has 524 valence electrons. The van der Waals surface area contributed by atoms with Gasteiger partial charge in [-0.2, -0.15) is 41.8 Å². The van der Waals surface area contributed by atoms with E-state index in [1.807, 2.05) is 61.8 Å². The van der Waals surface area contributed by atoms with Gasteiger partial charge in [-0.05, 0) is 126 Å². The van der Waals surface area contributed by atoms with Crippen molar-refractivity contribution in [2.45, 2.75) is 51.3 Å². The van der Waals surface area contributed by atoms with Crippen LogP contribution in [0.2, 0.25) is 0 Å². The average molecular weight is 1440 g/mol. The summed E-state index contributed by atoms with van der Waals surface area (Å²) in [5, 5.41) is 51.2. The minimum absolute atomic E-state index is 0.0107. The number of hydrogen-bond donors (Lipinski definition) is 8. The molecule has 2 aliphatic rings. The van der Waals surface area contributed by atoms with Crippen molar-refractivity contribution in [3.8, 4) is 0 Å². The van der Waals surface area contributed by atoms with Gasteiger partial charge in [-0.3, -0.25) is 28.3 Å². The molecule has 32 nitrogen and oxygen atoms in total. The highest BCUT2D eigenvalue weighted by Crippen LogP contribution is 2.41. The van der Waals surface area contributed by atoms with Crippen molar-refractivity contribution in [1.82, 2.24) is 24.9 Å². The lowest BCUT2D eigenvalue weighted by Gasteiger charge is -2.27. The van der Waals surface area contributed by atoms with Crippen molar-refractivity contribution in [1.29, 1.82) is 0 Å². The van der Waals surface area contributed by atoms with E-state index in [1.165, 1.54) is 50.3 Å². The van der Waals surface area contributed by atoms with Crippen molar-refractivity contribution >= 4 is 164 Å². The van der Waals surface area contributed by atoms with Crippen LogP contribution in [0.5, 0.6) is 0 Å². The molecule has 0 aliphatic carbocycles. The number of nitrogens with zero attached hydrogens (tertiary/aromatic N) is 14. The van der Waals surface area contributed by atoms with Crippen LogP contribution in [0.1, 0.15) is 51.3 Å². The number of amides is 2. The van der Waals surface area contributed by atoms with Gasteiger partial charge in [0.2, 0.25) is 28.1 Å². The third-order valence-corrected chi connectivity index (χ3v) is 18.7. The maximum atomic E-state index is 13.8. The van der Waals surface area contributed by atoms with Crippen LogP contribution in [0.25, 0.3) is 12.2 Å². The Morgan fingerprint density at radius 2 is 0.939 bits per heavy atom. The number of azo groups is 2. The minimum Gasteiger partial charge on any atom is -0.395 e. The Labute approximate surface area is 578 Å². The van der Waals surface area contributed by atoms with Gasteiger partial charge in [-0.15, -0.1) is 20.5 Å². The summed E-state index contributed by atoms with van der Waals surface area (Å²) in [7, 11) is -9.22. The highest BCUT2D eigenvalue weighted by Gasteiger charge is 2.27. The molecule has 0 spiro atoms. The molecule has 0 bridgehead atoms. The van der Waals surface area contributed by atoms with Gasteiger partial charge in [0.15, 0.2) is 11.6 Å². The molecule has 8 N–H and O–H groups in total. The molecule has 9 rings (SSSR count). The SMILES string of the molecule is CCN(CC)c1ccc(N=Nc2nc(N3CCOCC3)c(C=C(C(C)=O)C(=O)Nc3cccc(S(=O)(=O)O)c3)s2)c(Nc2nc(Nc3cc(N(CC)CC)ccc3N=Nc3nc(N4CCOCC4)c(/C=C(\C(C)=O)C(=O)Nc4cccc(S(=O)(=O)O)c4)s3)nc(N(CCO)CCO)n2)c1. The van der Waals surface area contributed by atoms with Gasteiger partial charge in [0, 0.05) is 88.2 Å². The maximum Gasteiger partial charge on any atom is 0.294 e. The number of benzene rings is 4. The van der Waals surface area contributed by atoms with E-state index in [9.17, 15) is 55.3 Å². The van der Waals surface area contributed by atoms with Crippen molar-refractivity contribution in [2.24, 2.45) is 20.5 Å². The fourth-order valence-electron chi connectivity index (χ4n) is 10.3. The summed E-state index contributed by atoms with van der Waals surface area (Å²) in [6, 6.07) is 20.8. The van der Waals surface area contributed by atoms with E-state index in [1.54, 1.807) is 17.0 Å². The molecule has 3 aromatic heterocycles. The number of aliphatic hydroxyl groups is 2. The molecule has 7 aromatic rings. The van der Waals surface area contributed by atoms with Crippen molar-refractivity contribution in [2.75, 3.05) is 151 Å². The molecule has 99 heavy (non-hydrogen) atoms. The van der Waals surface area contributed by atoms with Crippen LogP contribution in [0.15, 0.2) is 126 Å². The van der Waals surface area contributed by atoms with E-state index >= 15 is 0 Å². The molecule has 0 unspecified atom stereocenters. The summed E-state index contributed by atoms with van der Waals surface area (Å²) in [5.41, 5.74) is 2.36. The van der Waals surface area contributed by atoms with Crippen molar-refractivity contribution in [3.05, 3.63) is 106 Å². The quantitative estimate of drug-likeness (QED) is 0.00660. The number of rotatable bonds is 31. The Morgan fingerprint density at radius 1 is 0.545 bits per heavy atom. The summed E-state index contributed by atoms with van der Waals surface area (Å²) >= 11 is 2.10. The van der Waals surface area contributed by atoms with Crippen LogP contribution >= 0.6 is 22.7 Å². The van der Waals surface area contributed by atoms with Crippen molar-refractivity contribution in [3.63, 3.8) is 0 Å². The molecule has 5 heterocycles. The highest BCUT2D eigenvalue weighted by atomic mass is 32.2. The molecular weight excluding hydrogens is 1360 g/mol. The number of carbonyl (C=O) groups excluding carboxylic acids is 4. The first-order valence-corrected chi connectivity index (χ1v) is 35.8. The second-order valence-corrected chi connectivity index (χ2v) is 26.7. The normalized spacial score (nSPS) is 14.0. The summed E-state index contributed by atoms with van der Waals surface area (Å²) in [4.78, 5) is 87.6. The van der Waals surface area contributed by atoms with E-state index in [4.69, 9.17) is 44.6 Å². The summed E-state index contributed by atoms with van der Waals surface area (Å²) in [6.45, 7) is 15.5. The van der Waals surface area contributed by atoms with E-state index in [2.05, 4.69) is 41.3 Å². The smallest absolute Gasteiger partial charge is 0.294 e. The predicted molar refractivity (Wildman–Crippen MR) is 379 cm³/mol. The Balaban J connectivity index is 1.09. The fraction of sp³-hybridized carbons (Fsp3) is 0.349. The van der Waals surface area contributed by atoms with Gasteiger partial charge in [-0.1, -0.05) is 34.8 Å². The van der Waals surface area contributed by atoms with Crippen LogP contribution in [0.4, 0.5) is 85.2 Å². The first-order chi connectivity index (χ1) is 47.5. The maximum absolute atomic E-state index is 13.8. The van der Waals surface area contributed by atoms with Gasteiger partial charge in [-0.25, -0.2) is 0 Å². The Bertz CT molecular complexity index is 4180. The molecule has 36 heteroatoms. The Morgan fingerprint density at radius 3 is 1.29 bits per heavy atom. The number of anilines is 11. The van der Waals surface area contributed by atoms with E-state index < -0.39 is 53.4 Å². The minimum atomic E-state index is -4.61. The molecule has 2 fully saturated rings. The molecular formula is C63H74N18O14S4. The predicted octanol–water partition coefficient (Wildman–Crippen LogP) is 8.97. The highest BCUT2D eigenvalue weighted by molar-refractivity contribution is 7.86. The summed E-state index contributed by atoms with van der Waals surface area (Å²) < 4.78 is 78.1. The van der Waals surface area contributed by atoms with E-state index in [-0.39, 0.29) is 88.3 Å². The number of ketones is 2. The van der Waals surface area contributed by atoms with Crippen LogP contribution in [0, 0.1) is 0 Å². The molecule has 4 aromatic carbocycles. The zero-order chi connectivity index (χ0) is 71.0. The van der Waals surface area contributed by atoms with E-state index in [0.717, 1.165) is 58.3 Å². The average Bonchev–Trinajstić information content (AvgIpc) is 1.68. The lowest BCUT2D eigenvalue weighted by atomic mass is 10.1. The first kappa shape index (κ1) is 73.6. The number of hydrogen-bond acceptors (Lipinski definition) is 30. The molecule has 2 saturated heterocycles. The number of thiazole rings is 2. The van der Waals surface area contributed by atoms with Gasteiger partial charge in [0.25, 0.3) is 32.1 Å². The number of aliphatic hydroxyl groups excluding tert-OH is 2. The number of carbonyl (C=O) groups is 4. The first-order valence-electron chi connectivity index (χ1n) is 31.3. The molecule has 0 atom stereocenters. The van der Waals surface area contributed by atoms with Crippen molar-refractivity contribution < 1.29 is 64.8 Å². The van der Waals surface area contributed by atoms with Gasteiger partial charge in [0.1, 0.15) is 23.0 Å². The topological polar surface area (TPSA) is 414 Å². The van der Waals surface area contributed by atoms with Crippen LogP contribution < -0.4 is 45.8 Å². The van der Waals surface area contributed by atoms with E-state index in [0.29, 0.717) is 112 Å². The molecule has 0 saturated carbocycles. The molecule has 2 amide bonds. The number of Topliss-reactive ketones (excluding diaryl/α,β-unsaturated/α-hetero) is 2. The van der Waals surface area contributed by atoms with Crippen LogP contribution in [-0.2, 0) is 48.9 Å². The summed E-state index contributed by atoms with van der Waals surface area (Å²) in [5.74, 6) is -2.10. The monoisotopic (exact) mass is 1430 g/mol. The Hall–Kier alpha value is -9.63. The van der Waals surface area contributed by atoms with Gasteiger partial charge < -0.3 is 65.5 Å². The zero-order valence-electron chi connectivity index (χ0n) is 54.8. The second-order valence-electron chi connectivity index (χ2n) is 21.8. The summed E-state index contributed by atoms with van der Waals surface area (Å²) in [6.07, 6.45) is 2.76. The molecule has 0 radical (unpaired) electrons. The number of nitrogens with one attached hydrogen (secondary N) is 4. The lowest BCUT2D eigenvalue weighted by molar-refractivity contribution is -0.120. The lowest BCUT2D eigenvalue weighted by Crippen LogP contribution is -2.36.